The molecule has 1 aromatic rings. The number of anilines is 1. The van der Waals surface area contributed by atoms with E-state index in [1.165, 1.54) is 19.2 Å². The van der Waals surface area contributed by atoms with Crippen LogP contribution in [0.1, 0.15) is 50.4 Å². The predicted molar refractivity (Wildman–Crippen MR) is 104 cm³/mol. The molecule has 0 heterocycles. The van der Waals surface area contributed by atoms with Gasteiger partial charge in [0, 0.05) is 6.07 Å². The average molecular weight is 398 g/mol. The summed E-state index contributed by atoms with van der Waals surface area (Å²) in [6, 6.07) is 2.80. The van der Waals surface area contributed by atoms with Gasteiger partial charge in [-0.1, -0.05) is 38.8 Å². The zero-order valence-corrected chi connectivity index (χ0v) is 17.0. The topological polar surface area (TPSA) is 87.9 Å². The third-order valence-electron chi connectivity index (χ3n) is 5.10. The standard InChI is InChI=1S/C20H28ClNO5/c1-11(2)13-6-5-12(3)7-18(13)27-19(23)10-26-20(24)14-8-15(21)16(22)9-17(14)25-4/h8-9,11-13,18H,5-7,10,22H2,1-4H3/t12-,13+,18+/m0/s1. The van der Waals surface area contributed by atoms with Crippen molar-refractivity contribution in [3.63, 3.8) is 0 Å². The number of nitrogen functional groups attached to an aromatic ring is 1. The molecule has 1 aromatic carbocycles. The molecule has 7 heteroatoms. The van der Waals surface area contributed by atoms with E-state index < -0.39 is 18.5 Å². The molecule has 27 heavy (non-hydrogen) atoms. The Kier molecular flexibility index (Phi) is 7.36. The highest BCUT2D eigenvalue weighted by molar-refractivity contribution is 6.33. The first-order chi connectivity index (χ1) is 12.7. The summed E-state index contributed by atoms with van der Waals surface area (Å²) < 4.78 is 15.9. The van der Waals surface area contributed by atoms with Crippen LogP contribution in [0.5, 0.6) is 5.75 Å². The molecule has 1 fully saturated rings. The van der Waals surface area contributed by atoms with Crippen molar-refractivity contribution >= 4 is 29.2 Å². The molecule has 3 atom stereocenters. The third-order valence-corrected chi connectivity index (χ3v) is 5.43. The zero-order valence-electron chi connectivity index (χ0n) is 16.3. The van der Waals surface area contributed by atoms with Crippen LogP contribution in [0.4, 0.5) is 5.69 Å². The molecule has 0 spiro atoms. The summed E-state index contributed by atoms with van der Waals surface area (Å²) in [6.07, 6.45) is 2.88. The van der Waals surface area contributed by atoms with Crippen molar-refractivity contribution in [1.29, 1.82) is 0 Å². The molecule has 1 aliphatic rings. The van der Waals surface area contributed by atoms with E-state index in [2.05, 4.69) is 20.8 Å². The number of esters is 2. The quantitative estimate of drug-likeness (QED) is 0.574. The van der Waals surface area contributed by atoms with Crippen molar-refractivity contribution in [2.45, 2.75) is 46.1 Å². The summed E-state index contributed by atoms with van der Waals surface area (Å²) in [5, 5.41) is 0.210. The molecule has 0 radical (unpaired) electrons. The van der Waals surface area contributed by atoms with E-state index in [0.29, 0.717) is 17.8 Å². The lowest BCUT2D eigenvalue weighted by molar-refractivity contribution is -0.159. The molecule has 0 aliphatic heterocycles. The van der Waals surface area contributed by atoms with Gasteiger partial charge in [0.1, 0.15) is 17.4 Å². The Morgan fingerprint density at radius 1 is 1.30 bits per heavy atom. The van der Waals surface area contributed by atoms with E-state index in [0.717, 1.165) is 19.3 Å². The lowest BCUT2D eigenvalue weighted by atomic mass is 9.75. The van der Waals surface area contributed by atoms with Gasteiger partial charge < -0.3 is 19.9 Å². The van der Waals surface area contributed by atoms with Gasteiger partial charge in [0.25, 0.3) is 0 Å². The van der Waals surface area contributed by atoms with Crippen molar-refractivity contribution in [3.8, 4) is 5.75 Å². The van der Waals surface area contributed by atoms with Gasteiger partial charge in [-0.25, -0.2) is 9.59 Å². The Hall–Kier alpha value is -1.95. The number of benzene rings is 1. The lowest BCUT2D eigenvalue weighted by Gasteiger charge is -2.36. The van der Waals surface area contributed by atoms with E-state index in [1.54, 1.807) is 0 Å². The maximum absolute atomic E-state index is 12.3. The molecule has 0 aromatic heterocycles. The largest absolute Gasteiger partial charge is 0.496 e. The van der Waals surface area contributed by atoms with Gasteiger partial charge in [-0.15, -0.1) is 0 Å². The second-order valence-corrected chi connectivity index (χ2v) is 7.91. The highest BCUT2D eigenvalue weighted by Crippen LogP contribution is 2.35. The van der Waals surface area contributed by atoms with E-state index in [1.807, 2.05) is 0 Å². The first kappa shape index (κ1) is 21.4. The number of carbonyl (C=O) groups excluding carboxylic acids is 2. The smallest absolute Gasteiger partial charge is 0.344 e. The van der Waals surface area contributed by atoms with E-state index in [4.69, 9.17) is 31.5 Å². The van der Waals surface area contributed by atoms with E-state index in [-0.39, 0.29) is 28.1 Å². The van der Waals surface area contributed by atoms with Gasteiger partial charge in [-0.3, -0.25) is 0 Å². The molecular weight excluding hydrogens is 370 g/mol. The van der Waals surface area contributed by atoms with Crippen LogP contribution in [0.25, 0.3) is 0 Å². The second-order valence-electron chi connectivity index (χ2n) is 7.50. The van der Waals surface area contributed by atoms with Crippen molar-refractivity contribution in [1.82, 2.24) is 0 Å². The number of carbonyl (C=O) groups is 2. The first-order valence-electron chi connectivity index (χ1n) is 9.22. The summed E-state index contributed by atoms with van der Waals surface area (Å²) in [5.74, 6) is 0.241. The van der Waals surface area contributed by atoms with Gasteiger partial charge in [0.05, 0.1) is 17.8 Å². The molecule has 6 nitrogen and oxygen atoms in total. The van der Waals surface area contributed by atoms with Crippen molar-refractivity contribution in [2.75, 3.05) is 19.5 Å². The van der Waals surface area contributed by atoms with Crippen LogP contribution in [0.2, 0.25) is 5.02 Å². The summed E-state index contributed by atoms with van der Waals surface area (Å²) in [6.45, 7) is 5.98. The molecule has 0 saturated heterocycles. The molecule has 0 bridgehead atoms. The van der Waals surface area contributed by atoms with Crippen LogP contribution in [-0.2, 0) is 14.3 Å². The first-order valence-corrected chi connectivity index (χ1v) is 9.60. The maximum atomic E-state index is 12.3. The van der Waals surface area contributed by atoms with Crippen LogP contribution in [0, 0.1) is 17.8 Å². The number of hydrogen-bond donors (Lipinski definition) is 1. The van der Waals surface area contributed by atoms with Crippen molar-refractivity contribution in [3.05, 3.63) is 22.7 Å². The number of ether oxygens (including phenoxy) is 3. The van der Waals surface area contributed by atoms with E-state index >= 15 is 0 Å². The minimum Gasteiger partial charge on any atom is -0.496 e. The molecule has 0 amide bonds. The second kappa shape index (κ2) is 9.31. The van der Waals surface area contributed by atoms with Crippen molar-refractivity contribution in [2.24, 2.45) is 17.8 Å². The Morgan fingerprint density at radius 3 is 2.63 bits per heavy atom. The van der Waals surface area contributed by atoms with Gasteiger partial charge in [-0.2, -0.15) is 0 Å². The third kappa shape index (κ3) is 5.51. The Morgan fingerprint density at radius 2 is 2.00 bits per heavy atom. The Bertz CT molecular complexity index is 691. The van der Waals surface area contributed by atoms with E-state index in [9.17, 15) is 9.59 Å². The fourth-order valence-corrected chi connectivity index (χ4v) is 3.72. The normalized spacial score (nSPS) is 22.4. The van der Waals surface area contributed by atoms with Gasteiger partial charge in [-0.05, 0) is 36.7 Å². The van der Waals surface area contributed by atoms with Gasteiger partial charge >= 0.3 is 11.9 Å². The summed E-state index contributed by atoms with van der Waals surface area (Å²) >= 11 is 5.96. The molecule has 2 N–H and O–H groups in total. The van der Waals surface area contributed by atoms with Crippen LogP contribution in [-0.4, -0.2) is 31.8 Å². The van der Waals surface area contributed by atoms with Gasteiger partial charge in [0.15, 0.2) is 6.61 Å². The van der Waals surface area contributed by atoms with Crippen molar-refractivity contribution < 1.29 is 23.8 Å². The molecule has 1 aliphatic carbocycles. The van der Waals surface area contributed by atoms with Gasteiger partial charge in [0.2, 0.25) is 0 Å². The monoisotopic (exact) mass is 397 g/mol. The van der Waals surface area contributed by atoms with Crippen LogP contribution < -0.4 is 10.5 Å². The fourth-order valence-electron chi connectivity index (χ4n) is 3.55. The lowest BCUT2D eigenvalue weighted by Crippen LogP contribution is -2.36. The molecule has 1 saturated carbocycles. The SMILES string of the molecule is COc1cc(N)c(Cl)cc1C(=O)OCC(=O)O[C@@H]1C[C@@H](C)CC[C@@H]1C(C)C. The zero-order chi connectivity index (χ0) is 20.1. The van der Waals surface area contributed by atoms with Crippen LogP contribution in [0.3, 0.4) is 0 Å². The summed E-state index contributed by atoms with van der Waals surface area (Å²) in [5.41, 5.74) is 6.10. The number of methoxy groups -OCH3 is 1. The Balaban J connectivity index is 1.97. The Labute approximate surface area is 165 Å². The van der Waals surface area contributed by atoms with Crippen LogP contribution in [0.15, 0.2) is 12.1 Å². The van der Waals surface area contributed by atoms with Crippen LogP contribution >= 0.6 is 11.6 Å². The summed E-state index contributed by atoms with van der Waals surface area (Å²) in [4.78, 5) is 24.5. The molecule has 2 rings (SSSR count). The summed E-state index contributed by atoms with van der Waals surface area (Å²) in [7, 11) is 1.41. The molecule has 150 valence electrons. The highest BCUT2D eigenvalue weighted by atomic mass is 35.5. The number of nitrogens with two attached hydrogens (primary N) is 1. The number of hydrogen-bond acceptors (Lipinski definition) is 6. The molecule has 0 unspecified atom stereocenters. The number of halogens is 1. The average Bonchev–Trinajstić information content (AvgIpc) is 2.61. The number of rotatable bonds is 6. The fraction of sp³-hybridized carbons (Fsp3) is 0.600. The predicted octanol–water partition coefficient (Wildman–Crippen LogP) is 4.09. The minimum absolute atomic E-state index is 0.107. The molecular formula is C20H28ClNO5. The maximum Gasteiger partial charge on any atom is 0.344 e. The minimum atomic E-state index is -0.719. The highest BCUT2D eigenvalue weighted by Gasteiger charge is 2.33.